The Kier molecular flexibility index (Phi) is 4.37. The maximum Gasteiger partial charge on any atom is 0.416 e. The Morgan fingerprint density at radius 3 is 2.50 bits per heavy atom. The van der Waals surface area contributed by atoms with Gasteiger partial charge in [0.1, 0.15) is 5.82 Å². The second kappa shape index (κ2) is 6.62. The number of hydrogen-bond donors (Lipinski definition) is 3. The first-order valence-electron chi connectivity index (χ1n) is 8.90. The highest BCUT2D eigenvalue weighted by Crippen LogP contribution is 2.32. The zero-order valence-corrected chi connectivity index (χ0v) is 15.2. The summed E-state index contributed by atoms with van der Waals surface area (Å²) in [5.41, 5.74) is 6.38. The molecule has 7 nitrogen and oxygen atoms in total. The van der Waals surface area contributed by atoms with E-state index < -0.39 is 11.7 Å². The van der Waals surface area contributed by atoms with Gasteiger partial charge in [-0.3, -0.25) is 4.68 Å². The van der Waals surface area contributed by atoms with Crippen molar-refractivity contribution in [1.82, 2.24) is 19.7 Å². The van der Waals surface area contributed by atoms with Crippen LogP contribution in [0.3, 0.4) is 0 Å². The number of halogens is 3. The van der Waals surface area contributed by atoms with Crippen LogP contribution in [0.25, 0.3) is 11.0 Å². The lowest BCUT2D eigenvalue weighted by Gasteiger charge is -2.38. The van der Waals surface area contributed by atoms with Crippen LogP contribution in [-0.4, -0.2) is 31.8 Å². The summed E-state index contributed by atoms with van der Waals surface area (Å²) in [6, 6.07) is 4.78. The molecule has 1 aliphatic rings. The fraction of sp³-hybridized carbons (Fsp3) is 0.389. The minimum absolute atomic E-state index is 0.244. The number of benzene rings is 1. The Balaban J connectivity index is 1.61. The Hall–Kier alpha value is -2.88. The Morgan fingerprint density at radius 2 is 1.89 bits per heavy atom. The van der Waals surface area contributed by atoms with Gasteiger partial charge in [-0.2, -0.15) is 28.2 Å². The van der Waals surface area contributed by atoms with E-state index in [0.717, 1.165) is 31.4 Å². The summed E-state index contributed by atoms with van der Waals surface area (Å²) >= 11 is 0. The average Bonchev–Trinajstić information content (AvgIpc) is 2.99. The zero-order chi connectivity index (χ0) is 19.9. The number of rotatable bonds is 5. The second-order valence-corrected chi connectivity index (χ2v) is 7.17. The molecule has 3 aromatic rings. The Labute approximate surface area is 159 Å². The third-order valence-electron chi connectivity index (χ3n) is 5.01. The Morgan fingerprint density at radius 1 is 1.18 bits per heavy atom. The molecule has 2 heterocycles. The van der Waals surface area contributed by atoms with E-state index in [1.54, 1.807) is 17.9 Å². The molecule has 1 fully saturated rings. The average molecular weight is 391 g/mol. The first kappa shape index (κ1) is 18.5. The van der Waals surface area contributed by atoms with Crippen molar-refractivity contribution in [3.8, 4) is 0 Å². The highest BCUT2D eigenvalue weighted by atomic mass is 19.4. The molecule has 0 saturated heterocycles. The molecule has 4 rings (SSSR count). The molecule has 2 aromatic heterocycles. The molecule has 0 aliphatic heterocycles. The number of aromatic nitrogens is 4. The predicted octanol–water partition coefficient (Wildman–Crippen LogP) is 3.42. The van der Waals surface area contributed by atoms with Crippen molar-refractivity contribution in [2.45, 2.75) is 31.0 Å². The molecule has 1 saturated carbocycles. The number of nitrogens with one attached hydrogen (secondary N) is 2. The van der Waals surface area contributed by atoms with Gasteiger partial charge in [0, 0.05) is 24.8 Å². The maximum absolute atomic E-state index is 12.8. The van der Waals surface area contributed by atoms with E-state index in [2.05, 4.69) is 25.7 Å². The van der Waals surface area contributed by atoms with Crippen molar-refractivity contribution in [3.05, 3.63) is 36.0 Å². The summed E-state index contributed by atoms with van der Waals surface area (Å²) in [4.78, 5) is 8.96. The summed E-state index contributed by atoms with van der Waals surface area (Å²) < 4.78 is 39.9. The van der Waals surface area contributed by atoms with E-state index in [0.29, 0.717) is 35.0 Å². The van der Waals surface area contributed by atoms with Crippen LogP contribution in [0.1, 0.15) is 24.8 Å². The van der Waals surface area contributed by atoms with Gasteiger partial charge in [0.2, 0.25) is 5.95 Å². The van der Waals surface area contributed by atoms with Crippen molar-refractivity contribution >= 4 is 28.5 Å². The van der Waals surface area contributed by atoms with E-state index in [1.807, 2.05) is 0 Å². The lowest BCUT2D eigenvalue weighted by Crippen LogP contribution is -2.52. The zero-order valence-electron chi connectivity index (χ0n) is 15.2. The Bertz CT molecular complexity index is 991. The summed E-state index contributed by atoms with van der Waals surface area (Å²) in [5, 5.41) is 11.1. The van der Waals surface area contributed by atoms with Gasteiger partial charge in [0.15, 0.2) is 5.65 Å². The van der Waals surface area contributed by atoms with E-state index in [4.69, 9.17) is 5.73 Å². The summed E-state index contributed by atoms with van der Waals surface area (Å²) in [6.07, 6.45) is 0.249. The van der Waals surface area contributed by atoms with Crippen LogP contribution < -0.4 is 16.4 Å². The standard InChI is InChI=1S/C18H20F3N7/c1-28-15-13(9-24-28)14(25-12-5-3-11(4-6-12)18(19,20)21)26-16(27-15)23-10-17(22)7-2-8-17/h3-6,9H,2,7-8,10,22H2,1H3,(H2,23,25,26,27). The van der Waals surface area contributed by atoms with Crippen LogP contribution in [0.5, 0.6) is 0 Å². The molecule has 148 valence electrons. The number of aryl methyl sites for hydroxylation is 1. The van der Waals surface area contributed by atoms with Crippen LogP contribution in [0.2, 0.25) is 0 Å². The SMILES string of the molecule is Cn1ncc2c(Nc3ccc(C(F)(F)F)cc3)nc(NCC3(N)CCC3)nc21. The van der Waals surface area contributed by atoms with Crippen LogP contribution in [0.15, 0.2) is 30.5 Å². The molecular weight excluding hydrogens is 371 g/mol. The van der Waals surface area contributed by atoms with Crippen molar-refractivity contribution < 1.29 is 13.2 Å². The third kappa shape index (κ3) is 3.59. The number of nitrogens with two attached hydrogens (primary N) is 1. The minimum atomic E-state index is -4.37. The number of alkyl halides is 3. The second-order valence-electron chi connectivity index (χ2n) is 7.17. The van der Waals surface area contributed by atoms with Gasteiger partial charge in [0.25, 0.3) is 0 Å². The van der Waals surface area contributed by atoms with Crippen molar-refractivity contribution in [2.75, 3.05) is 17.2 Å². The topological polar surface area (TPSA) is 93.7 Å². The molecule has 0 radical (unpaired) electrons. The lowest BCUT2D eigenvalue weighted by atomic mass is 9.78. The molecule has 0 atom stereocenters. The maximum atomic E-state index is 12.8. The summed E-state index contributed by atoms with van der Waals surface area (Å²) in [6.45, 7) is 0.552. The van der Waals surface area contributed by atoms with Gasteiger partial charge >= 0.3 is 6.18 Å². The molecule has 1 aromatic carbocycles. The highest BCUT2D eigenvalue weighted by Gasteiger charge is 2.32. The molecule has 0 bridgehead atoms. The van der Waals surface area contributed by atoms with Gasteiger partial charge in [-0.1, -0.05) is 0 Å². The van der Waals surface area contributed by atoms with E-state index in [-0.39, 0.29) is 5.54 Å². The predicted molar refractivity (Wildman–Crippen MR) is 100 cm³/mol. The molecule has 1 aliphatic carbocycles. The number of hydrogen-bond acceptors (Lipinski definition) is 6. The summed E-state index contributed by atoms with van der Waals surface area (Å²) in [5.74, 6) is 0.849. The highest BCUT2D eigenvalue weighted by molar-refractivity contribution is 5.89. The minimum Gasteiger partial charge on any atom is -0.352 e. The molecule has 0 unspecified atom stereocenters. The van der Waals surface area contributed by atoms with Crippen molar-refractivity contribution in [2.24, 2.45) is 12.8 Å². The summed E-state index contributed by atoms with van der Waals surface area (Å²) in [7, 11) is 1.76. The number of nitrogens with zero attached hydrogens (tertiary/aromatic N) is 4. The van der Waals surface area contributed by atoms with E-state index in [9.17, 15) is 13.2 Å². The van der Waals surface area contributed by atoms with E-state index >= 15 is 0 Å². The molecule has 0 amide bonds. The van der Waals surface area contributed by atoms with E-state index in [1.165, 1.54) is 12.1 Å². The molecule has 10 heteroatoms. The number of fused-ring (bicyclic) bond motifs is 1. The smallest absolute Gasteiger partial charge is 0.352 e. The van der Waals surface area contributed by atoms with Gasteiger partial charge in [-0.25, -0.2) is 0 Å². The van der Waals surface area contributed by atoms with Crippen LogP contribution >= 0.6 is 0 Å². The van der Waals surface area contributed by atoms with Crippen molar-refractivity contribution in [3.63, 3.8) is 0 Å². The van der Waals surface area contributed by atoms with Crippen LogP contribution in [-0.2, 0) is 13.2 Å². The fourth-order valence-corrected chi connectivity index (χ4v) is 3.14. The van der Waals surface area contributed by atoms with Gasteiger partial charge in [-0.05, 0) is 43.5 Å². The molecule has 4 N–H and O–H groups in total. The van der Waals surface area contributed by atoms with Crippen LogP contribution in [0.4, 0.5) is 30.6 Å². The van der Waals surface area contributed by atoms with Gasteiger partial charge in [-0.15, -0.1) is 0 Å². The monoisotopic (exact) mass is 391 g/mol. The van der Waals surface area contributed by atoms with Crippen LogP contribution in [0, 0.1) is 0 Å². The molecular formula is C18H20F3N7. The lowest BCUT2D eigenvalue weighted by molar-refractivity contribution is -0.137. The first-order chi connectivity index (χ1) is 13.2. The largest absolute Gasteiger partial charge is 0.416 e. The third-order valence-corrected chi connectivity index (χ3v) is 5.01. The molecule has 0 spiro atoms. The van der Waals surface area contributed by atoms with Gasteiger partial charge < -0.3 is 16.4 Å². The first-order valence-corrected chi connectivity index (χ1v) is 8.90. The fourth-order valence-electron chi connectivity index (χ4n) is 3.14. The van der Waals surface area contributed by atoms with Gasteiger partial charge in [0.05, 0.1) is 17.1 Å². The quantitative estimate of drug-likeness (QED) is 0.617. The normalized spacial score (nSPS) is 16.0. The number of anilines is 3. The molecule has 28 heavy (non-hydrogen) atoms. The van der Waals surface area contributed by atoms with Crippen molar-refractivity contribution in [1.29, 1.82) is 0 Å².